The molecule has 0 bridgehead atoms. The van der Waals surface area contributed by atoms with Crippen molar-refractivity contribution in [2.75, 3.05) is 17.7 Å². The van der Waals surface area contributed by atoms with Gasteiger partial charge in [0.25, 0.3) is 11.8 Å². The van der Waals surface area contributed by atoms with Gasteiger partial charge in [0.15, 0.2) is 0 Å². The van der Waals surface area contributed by atoms with Crippen molar-refractivity contribution in [3.63, 3.8) is 0 Å². The van der Waals surface area contributed by atoms with Gasteiger partial charge in [-0.1, -0.05) is 77.8 Å². The summed E-state index contributed by atoms with van der Waals surface area (Å²) >= 11 is 13.8. The quantitative estimate of drug-likeness (QED) is 0.0945. The summed E-state index contributed by atoms with van der Waals surface area (Å²) in [6.45, 7) is 0. The molecule has 0 saturated heterocycles. The van der Waals surface area contributed by atoms with Crippen LogP contribution in [0.2, 0.25) is 10.0 Å². The number of methoxy groups -OCH3 is 1. The summed E-state index contributed by atoms with van der Waals surface area (Å²) in [6, 6.07) is 33.6. The Morgan fingerprint density at radius 3 is 2.08 bits per heavy atom. The lowest BCUT2D eigenvalue weighted by Gasteiger charge is -2.18. The van der Waals surface area contributed by atoms with Crippen molar-refractivity contribution in [3.05, 3.63) is 160 Å². The minimum Gasteiger partial charge on any atom is -0.495 e. The number of benzene rings is 5. The number of hydrogen-bond donors (Lipinski definition) is 3. The van der Waals surface area contributed by atoms with Gasteiger partial charge in [-0.2, -0.15) is 0 Å². The highest BCUT2D eigenvalue weighted by Crippen LogP contribution is 2.37. The molecule has 48 heavy (non-hydrogen) atoms. The van der Waals surface area contributed by atoms with Gasteiger partial charge in [0.05, 0.1) is 17.2 Å². The van der Waals surface area contributed by atoms with Gasteiger partial charge < -0.3 is 20.7 Å². The van der Waals surface area contributed by atoms with Crippen molar-refractivity contribution in [2.45, 2.75) is 10.1 Å². The third-order valence-corrected chi connectivity index (χ3v) is 8.83. The zero-order valence-corrected chi connectivity index (χ0v) is 27.7. The third-order valence-electron chi connectivity index (χ3n) is 6.94. The first-order valence-corrected chi connectivity index (χ1v) is 16.1. The number of amides is 3. The molecule has 5 rings (SSSR count). The van der Waals surface area contributed by atoms with E-state index in [4.69, 9.17) is 27.9 Å². The lowest BCUT2D eigenvalue weighted by atomic mass is 10.1. The molecule has 0 aromatic heterocycles. The maximum absolute atomic E-state index is 14.6. The van der Waals surface area contributed by atoms with Crippen LogP contribution in [-0.4, -0.2) is 24.8 Å². The highest BCUT2D eigenvalue weighted by molar-refractivity contribution is 8.00. The first kappa shape index (κ1) is 34.3. The van der Waals surface area contributed by atoms with Gasteiger partial charge in [0.1, 0.15) is 22.5 Å². The van der Waals surface area contributed by atoms with Crippen molar-refractivity contribution < 1.29 is 23.5 Å². The Morgan fingerprint density at radius 1 is 0.771 bits per heavy atom. The fraction of sp³-hybridized carbons (Fsp3) is 0.0541. The molecule has 1 unspecified atom stereocenters. The SMILES string of the molecule is COc1ccc(NC(=O)C(Sc2ccc(NC(=O)/C(=C/c3c(F)cccc3Cl)NC(=O)c3ccccc3)cc2)c2ccccc2)cc1Cl. The Kier molecular flexibility index (Phi) is 11.5. The Bertz CT molecular complexity index is 1940. The molecule has 7 nitrogen and oxygen atoms in total. The van der Waals surface area contributed by atoms with Gasteiger partial charge in [-0.25, -0.2) is 4.39 Å². The Morgan fingerprint density at radius 2 is 1.44 bits per heavy atom. The molecule has 0 spiro atoms. The predicted molar refractivity (Wildman–Crippen MR) is 190 cm³/mol. The van der Waals surface area contributed by atoms with Crippen molar-refractivity contribution in [2.24, 2.45) is 0 Å². The number of carbonyl (C=O) groups excluding carboxylic acids is 3. The second kappa shape index (κ2) is 16.1. The number of nitrogens with one attached hydrogen (secondary N) is 3. The number of halogens is 3. The predicted octanol–water partition coefficient (Wildman–Crippen LogP) is 9.02. The molecule has 0 aliphatic heterocycles. The van der Waals surface area contributed by atoms with E-state index in [1.165, 1.54) is 43.1 Å². The summed E-state index contributed by atoms with van der Waals surface area (Å²) in [5.41, 5.74) is 1.75. The molecule has 0 aliphatic rings. The molecule has 0 aliphatic carbocycles. The van der Waals surface area contributed by atoms with Crippen LogP contribution in [0.15, 0.2) is 132 Å². The van der Waals surface area contributed by atoms with E-state index < -0.39 is 22.9 Å². The topological polar surface area (TPSA) is 96.5 Å². The van der Waals surface area contributed by atoms with E-state index in [0.29, 0.717) is 27.7 Å². The normalized spacial score (nSPS) is 11.7. The van der Waals surface area contributed by atoms with Crippen molar-refractivity contribution in [1.82, 2.24) is 5.32 Å². The molecule has 3 N–H and O–H groups in total. The third kappa shape index (κ3) is 8.83. The molecular weight excluding hydrogens is 672 g/mol. The molecule has 0 saturated carbocycles. The van der Waals surface area contributed by atoms with Crippen molar-refractivity contribution in [1.29, 1.82) is 0 Å². The van der Waals surface area contributed by atoms with Gasteiger partial charge in [0.2, 0.25) is 5.91 Å². The summed E-state index contributed by atoms with van der Waals surface area (Å²) in [6.07, 6.45) is 1.19. The molecule has 5 aromatic carbocycles. The van der Waals surface area contributed by atoms with Crippen LogP contribution in [0.25, 0.3) is 6.08 Å². The summed E-state index contributed by atoms with van der Waals surface area (Å²) in [5, 5.41) is 8.06. The van der Waals surface area contributed by atoms with Crippen LogP contribution >= 0.6 is 35.0 Å². The zero-order valence-electron chi connectivity index (χ0n) is 25.4. The molecule has 0 radical (unpaired) electrons. The molecule has 3 amide bonds. The molecule has 11 heteroatoms. The second-order valence-electron chi connectivity index (χ2n) is 10.2. The van der Waals surface area contributed by atoms with Gasteiger partial charge in [-0.3, -0.25) is 14.4 Å². The average Bonchev–Trinajstić information content (AvgIpc) is 3.09. The highest BCUT2D eigenvalue weighted by atomic mass is 35.5. The van der Waals surface area contributed by atoms with Gasteiger partial charge in [0, 0.05) is 27.4 Å². The maximum Gasteiger partial charge on any atom is 0.272 e. The lowest BCUT2D eigenvalue weighted by molar-refractivity contribution is -0.116. The average molecular weight is 701 g/mol. The van der Waals surface area contributed by atoms with E-state index in [1.807, 2.05) is 30.3 Å². The van der Waals surface area contributed by atoms with Gasteiger partial charge in [-0.05, 0) is 78.4 Å². The number of thioether (sulfide) groups is 1. The van der Waals surface area contributed by atoms with E-state index in [-0.39, 0.29) is 22.2 Å². The minimum absolute atomic E-state index is 0.0495. The Hall–Kier alpha value is -5.09. The first-order chi connectivity index (χ1) is 23.2. The monoisotopic (exact) mass is 699 g/mol. The lowest BCUT2D eigenvalue weighted by Crippen LogP contribution is -2.30. The Balaban J connectivity index is 1.34. The largest absolute Gasteiger partial charge is 0.495 e. The van der Waals surface area contributed by atoms with Crippen LogP contribution in [0.4, 0.5) is 15.8 Å². The van der Waals surface area contributed by atoms with Crippen LogP contribution < -0.4 is 20.7 Å². The maximum atomic E-state index is 14.6. The molecule has 1 atom stereocenters. The van der Waals surface area contributed by atoms with Crippen LogP contribution in [0.5, 0.6) is 5.75 Å². The summed E-state index contributed by atoms with van der Waals surface area (Å²) in [4.78, 5) is 40.7. The molecule has 0 heterocycles. The van der Waals surface area contributed by atoms with Crippen molar-refractivity contribution >= 4 is 70.1 Å². The molecule has 5 aromatic rings. The highest BCUT2D eigenvalue weighted by Gasteiger charge is 2.23. The fourth-order valence-electron chi connectivity index (χ4n) is 4.54. The molecule has 242 valence electrons. The van der Waals surface area contributed by atoms with Crippen LogP contribution in [0.3, 0.4) is 0 Å². The molecular formula is C37H28Cl2FN3O4S. The second-order valence-corrected chi connectivity index (χ2v) is 12.2. The number of carbonyl (C=O) groups is 3. The number of hydrogen-bond acceptors (Lipinski definition) is 5. The van der Waals surface area contributed by atoms with Crippen LogP contribution in [0.1, 0.15) is 26.7 Å². The number of rotatable bonds is 11. The Labute approximate surface area is 291 Å². The summed E-state index contributed by atoms with van der Waals surface area (Å²) < 4.78 is 19.8. The van der Waals surface area contributed by atoms with Crippen molar-refractivity contribution in [3.8, 4) is 5.75 Å². The van der Waals surface area contributed by atoms with Crippen LogP contribution in [-0.2, 0) is 9.59 Å². The minimum atomic E-state index is -0.696. The van der Waals surface area contributed by atoms with E-state index in [0.717, 1.165) is 10.5 Å². The smallest absolute Gasteiger partial charge is 0.272 e. The number of ether oxygens (including phenoxy) is 1. The van der Waals surface area contributed by atoms with E-state index in [1.54, 1.807) is 72.8 Å². The number of anilines is 2. The standard InChI is InChI=1S/C37H28Cl2FN3O4S/c1-47-33-20-17-26(21-30(33)39)42-37(46)34(23-9-4-2-5-10-23)48-27-18-15-25(16-19-27)41-36(45)32(22-28-29(38)13-8-14-31(28)40)43-35(44)24-11-6-3-7-12-24/h2-22,34H,1H3,(H,41,45)(H,42,46)(H,43,44)/b32-22-. The van der Waals surface area contributed by atoms with Gasteiger partial charge >= 0.3 is 0 Å². The summed E-state index contributed by atoms with van der Waals surface area (Å²) in [7, 11) is 1.51. The van der Waals surface area contributed by atoms with E-state index in [2.05, 4.69) is 16.0 Å². The zero-order chi connectivity index (χ0) is 34.0. The van der Waals surface area contributed by atoms with Gasteiger partial charge in [-0.15, -0.1) is 11.8 Å². The summed E-state index contributed by atoms with van der Waals surface area (Å²) in [5.74, 6) is -1.68. The molecule has 0 fully saturated rings. The van der Waals surface area contributed by atoms with Crippen LogP contribution in [0, 0.1) is 5.82 Å². The van der Waals surface area contributed by atoms with E-state index in [9.17, 15) is 18.8 Å². The first-order valence-electron chi connectivity index (χ1n) is 14.5. The van der Waals surface area contributed by atoms with E-state index >= 15 is 0 Å². The fourth-order valence-corrected chi connectivity index (χ4v) is 6.04.